The number of ether oxygens (including phenoxy) is 1. The molecule has 10 heteroatoms. The van der Waals surface area contributed by atoms with Gasteiger partial charge in [0.15, 0.2) is 6.61 Å². The predicted molar refractivity (Wildman–Crippen MR) is 123 cm³/mol. The summed E-state index contributed by atoms with van der Waals surface area (Å²) in [7, 11) is 1.37. The van der Waals surface area contributed by atoms with Gasteiger partial charge in [-0.05, 0) is 42.7 Å². The molecule has 180 valence electrons. The van der Waals surface area contributed by atoms with Gasteiger partial charge in [-0.25, -0.2) is 4.79 Å². The average molecular weight is 477 g/mol. The van der Waals surface area contributed by atoms with Crippen LogP contribution in [0, 0.1) is 5.92 Å². The summed E-state index contributed by atoms with van der Waals surface area (Å²) >= 11 is 0. The largest absolute Gasteiger partial charge is 0.454 e. The Kier molecular flexibility index (Phi) is 6.21. The third-order valence-corrected chi connectivity index (χ3v) is 5.82. The van der Waals surface area contributed by atoms with E-state index in [-0.39, 0.29) is 40.3 Å². The second-order valence-corrected chi connectivity index (χ2v) is 8.76. The summed E-state index contributed by atoms with van der Waals surface area (Å²) in [6, 6.07) is 9.39. The molecule has 2 heterocycles. The average Bonchev–Trinajstić information content (AvgIpc) is 3.21. The van der Waals surface area contributed by atoms with Crippen LogP contribution in [0.25, 0.3) is 0 Å². The number of nitrogens with one attached hydrogen (secondary N) is 1. The number of amides is 5. The Labute approximate surface area is 200 Å². The summed E-state index contributed by atoms with van der Waals surface area (Å²) in [5.41, 5.74) is 1.08. The summed E-state index contributed by atoms with van der Waals surface area (Å²) in [4.78, 5) is 77.0. The lowest BCUT2D eigenvalue weighted by molar-refractivity contribution is -0.151. The van der Waals surface area contributed by atoms with Crippen molar-refractivity contribution in [3.05, 3.63) is 64.7 Å². The van der Waals surface area contributed by atoms with Crippen molar-refractivity contribution in [2.45, 2.75) is 26.3 Å². The summed E-state index contributed by atoms with van der Waals surface area (Å²) in [5, 5.41) is 2.51. The third kappa shape index (κ3) is 4.30. The Bertz CT molecular complexity index is 1250. The lowest BCUT2D eigenvalue weighted by Gasteiger charge is -2.25. The third-order valence-electron chi connectivity index (χ3n) is 5.82. The van der Waals surface area contributed by atoms with Crippen LogP contribution in [0.3, 0.4) is 0 Å². The van der Waals surface area contributed by atoms with Gasteiger partial charge in [-0.2, -0.15) is 0 Å². The quantitative estimate of drug-likeness (QED) is 0.477. The fraction of sp³-hybridized carbons (Fsp3) is 0.280. The number of anilines is 1. The van der Waals surface area contributed by atoms with Crippen LogP contribution in [0.1, 0.15) is 61.7 Å². The van der Waals surface area contributed by atoms with Crippen molar-refractivity contribution in [3.8, 4) is 0 Å². The van der Waals surface area contributed by atoms with Gasteiger partial charge in [0, 0.05) is 12.7 Å². The van der Waals surface area contributed by atoms with Gasteiger partial charge in [-0.15, -0.1) is 0 Å². The van der Waals surface area contributed by atoms with E-state index in [4.69, 9.17) is 4.74 Å². The summed E-state index contributed by atoms with van der Waals surface area (Å²) < 4.78 is 5.17. The number of nitrogens with zero attached hydrogens (tertiary/aromatic N) is 2. The molecule has 0 aromatic heterocycles. The lowest BCUT2D eigenvalue weighted by Crippen LogP contribution is -2.46. The van der Waals surface area contributed by atoms with Gasteiger partial charge in [-0.1, -0.05) is 26.0 Å². The summed E-state index contributed by atoms with van der Waals surface area (Å²) in [5.74, 6) is -3.68. The second-order valence-electron chi connectivity index (χ2n) is 8.76. The molecule has 35 heavy (non-hydrogen) atoms. The van der Waals surface area contributed by atoms with Crippen LogP contribution in [0.4, 0.5) is 5.69 Å². The number of benzene rings is 2. The molecular weight excluding hydrogens is 454 g/mol. The molecular formula is C25H23N3O7. The monoisotopic (exact) mass is 477 g/mol. The SMILES string of the molecule is CC(C)CC(C(=O)OCC(=O)Nc1ccc2c(c1)C(=O)N(C)C2=O)N1C(=O)c2ccccc2C1=O. The van der Waals surface area contributed by atoms with Gasteiger partial charge < -0.3 is 10.1 Å². The number of hydrogen-bond acceptors (Lipinski definition) is 7. The highest BCUT2D eigenvalue weighted by Crippen LogP contribution is 2.28. The van der Waals surface area contributed by atoms with Gasteiger partial charge in [0.05, 0.1) is 22.3 Å². The van der Waals surface area contributed by atoms with E-state index >= 15 is 0 Å². The highest BCUT2D eigenvalue weighted by Gasteiger charge is 2.43. The van der Waals surface area contributed by atoms with E-state index in [0.717, 1.165) is 9.80 Å². The molecule has 0 aliphatic carbocycles. The van der Waals surface area contributed by atoms with Crippen LogP contribution in [-0.2, 0) is 14.3 Å². The first-order chi connectivity index (χ1) is 16.6. The van der Waals surface area contributed by atoms with Gasteiger partial charge in [-0.3, -0.25) is 33.8 Å². The highest BCUT2D eigenvalue weighted by atomic mass is 16.5. The molecule has 0 saturated carbocycles. The van der Waals surface area contributed by atoms with Crippen molar-refractivity contribution < 1.29 is 33.5 Å². The Morgan fingerprint density at radius 1 is 0.857 bits per heavy atom. The molecule has 0 fully saturated rings. The van der Waals surface area contributed by atoms with Crippen LogP contribution >= 0.6 is 0 Å². The van der Waals surface area contributed by atoms with Crippen LogP contribution in [0.5, 0.6) is 0 Å². The molecule has 2 aromatic carbocycles. The molecule has 2 aliphatic heterocycles. The number of fused-ring (bicyclic) bond motifs is 2. The number of carbonyl (C=O) groups is 6. The zero-order chi connectivity index (χ0) is 25.4. The van der Waals surface area contributed by atoms with Crippen molar-refractivity contribution >= 4 is 41.2 Å². The van der Waals surface area contributed by atoms with Crippen molar-refractivity contribution in [1.82, 2.24) is 9.80 Å². The Morgan fingerprint density at radius 2 is 1.43 bits per heavy atom. The van der Waals surface area contributed by atoms with E-state index in [1.807, 2.05) is 13.8 Å². The topological polar surface area (TPSA) is 130 Å². The molecule has 2 aliphatic rings. The number of carbonyl (C=O) groups excluding carboxylic acids is 6. The predicted octanol–water partition coefficient (Wildman–Crippen LogP) is 2.11. The minimum absolute atomic E-state index is 0.0459. The lowest BCUT2D eigenvalue weighted by atomic mass is 10.0. The molecule has 0 saturated heterocycles. The number of esters is 1. The van der Waals surface area contributed by atoms with Gasteiger partial charge in [0.1, 0.15) is 6.04 Å². The molecule has 2 aromatic rings. The maximum absolute atomic E-state index is 12.9. The number of hydrogen-bond donors (Lipinski definition) is 1. The normalized spacial score (nSPS) is 15.4. The zero-order valence-corrected chi connectivity index (χ0v) is 19.4. The highest BCUT2D eigenvalue weighted by molar-refractivity contribution is 6.23. The minimum atomic E-state index is -1.19. The van der Waals surface area contributed by atoms with Gasteiger partial charge >= 0.3 is 5.97 Å². The van der Waals surface area contributed by atoms with Crippen molar-refractivity contribution in [2.24, 2.45) is 5.92 Å². The summed E-state index contributed by atoms with van der Waals surface area (Å²) in [6.45, 7) is 3.01. The van der Waals surface area contributed by atoms with E-state index < -0.39 is 48.2 Å². The first-order valence-electron chi connectivity index (χ1n) is 11.0. The molecule has 0 spiro atoms. The van der Waals surface area contributed by atoms with E-state index in [9.17, 15) is 28.8 Å². The molecule has 1 atom stereocenters. The molecule has 0 bridgehead atoms. The standard InChI is InChI=1S/C25H23N3O7/c1-13(2)10-19(28-23(32)15-6-4-5-7-16(15)24(28)33)25(34)35-12-20(29)26-14-8-9-17-18(11-14)22(31)27(3)21(17)30/h4-9,11,13,19H,10,12H2,1-3H3,(H,26,29). The Hall–Kier alpha value is -4.34. The van der Waals surface area contributed by atoms with E-state index in [1.165, 1.54) is 37.4 Å². The molecule has 10 nitrogen and oxygen atoms in total. The Morgan fingerprint density at radius 3 is 2.03 bits per heavy atom. The van der Waals surface area contributed by atoms with Crippen LogP contribution in [-0.4, -0.2) is 65.0 Å². The van der Waals surface area contributed by atoms with E-state index in [1.54, 1.807) is 12.1 Å². The first kappa shape index (κ1) is 23.8. The van der Waals surface area contributed by atoms with Gasteiger partial charge in [0.2, 0.25) is 0 Å². The van der Waals surface area contributed by atoms with E-state index in [2.05, 4.69) is 5.32 Å². The van der Waals surface area contributed by atoms with Crippen molar-refractivity contribution in [2.75, 3.05) is 19.0 Å². The maximum Gasteiger partial charge on any atom is 0.329 e. The van der Waals surface area contributed by atoms with Crippen LogP contribution in [0.15, 0.2) is 42.5 Å². The van der Waals surface area contributed by atoms with Crippen LogP contribution < -0.4 is 5.32 Å². The van der Waals surface area contributed by atoms with Crippen molar-refractivity contribution in [3.63, 3.8) is 0 Å². The molecule has 5 amide bonds. The number of imide groups is 2. The molecule has 4 rings (SSSR count). The van der Waals surface area contributed by atoms with Gasteiger partial charge in [0.25, 0.3) is 29.5 Å². The second kappa shape index (κ2) is 9.13. The number of rotatable bonds is 7. The first-order valence-corrected chi connectivity index (χ1v) is 11.0. The van der Waals surface area contributed by atoms with Crippen molar-refractivity contribution in [1.29, 1.82) is 0 Å². The fourth-order valence-electron chi connectivity index (χ4n) is 4.11. The molecule has 0 radical (unpaired) electrons. The summed E-state index contributed by atoms with van der Waals surface area (Å²) in [6.07, 6.45) is 0.167. The smallest absolute Gasteiger partial charge is 0.329 e. The molecule has 1 N–H and O–H groups in total. The van der Waals surface area contributed by atoms with Crippen LogP contribution in [0.2, 0.25) is 0 Å². The molecule has 1 unspecified atom stereocenters. The Balaban J connectivity index is 1.43. The zero-order valence-electron chi connectivity index (χ0n) is 19.4. The fourth-order valence-corrected chi connectivity index (χ4v) is 4.11. The minimum Gasteiger partial charge on any atom is -0.454 e. The maximum atomic E-state index is 12.9. The van der Waals surface area contributed by atoms with E-state index in [0.29, 0.717) is 0 Å².